The number of hydrogen-bond donors (Lipinski definition) is 2. The highest BCUT2D eigenvalue weighted by Crippen LogP contribution is 2.19. The molecule has 0 bridgehead atoms. The summed E-state index contributed by atoms with van der Waals surface area (Å²) in [4.78, 5) is 18.3. The Morgan fingerprint density at radius 2 is 2.40 bits per heavy atom. The maximum atomic E-state index is 12.5. The number of carbonyl (C=O) groups is 1. The maximum absolute atomic E-state index is 12.5. The molecule has 0 spiro atoms. The highest BCUT2D eigenvalue weighted by molar-refractivity contribution is 5.94. The minimum Gasteiger partial charge on any atom is -0.393 e. The molecule has 106 valence electrons. The molecule has 2 N–H and O–H groups in total. The maximum Gasteiger partial charge on any atom is 0.273 e. The molecule has 2 heterocycles. The van der Waals surface area contributed by atoms with Crippen molar-refractivity contribution in [1.82, 2.24) is 9.88 Å². The summed E-state index contributed by atoms with van der Waals surface area (Å²) >= 11 is 0. The van der Waals surface area contributed by atoms with Crippen LogP contribution in [-0.4, -0.2) is 51.8 Å². The van der Waals surface area contributed by atoms with Gasteiger partial charge in [-0.3, -0.25) is 4.79 Å². The molecule has 1 amide bonds. The third-order valence-corrected chi connectivity index (χ3v) is 3.46. The smallest absolute Gasteiger partial charge is 0.273 e. The van der Waals surface area contributed by atoms with Crippen molar-refractivity contribution in [2.45, 2.75) is 19.4 Å². The summed E-state index contributed by atoms with van der Waals surface area (Å²) in [6.07, 6.45) is 1.79. The predicted molar refractivity (Wildman–Crippen MR) is 73.9 cm³/mol. The van der Waals surface area contributed by atoms with Crippen molar-refractivity contribution in [2.75, 3.05) is 19.7 Å². The number of aromatic nitrogens is 1. The average molecular weight is 274 g/mol. The van der Waals surface area contributed by atoms with Crippen LogP contribution in [0.1, 0.15) is 29.4 Å². The molecule has 0 aliphatic carbocycles. The van der Waals surface area contributed by atoms with Gasteiger partial charge >= 0.3 is 0 Å². The van der Waals surface area contributed by atoms with Crippen molar-refractivity contribution >= 4 is 5.91 Å². The fourth-order valence-corrected chi connectivity index (χ4v) is 2.28. The normalized spacial score (nSPS) is 22.1. The number of aliphatic hydroxyl groups excluding tert-OH is 2. The van der Waals surface area contributed by atoms with Gasteiger partial charge < -0.3 is 15.1 Å². The third-order valence-electron chi connectivity index (χ3n) is 3.46. The van der Waals surface area contributed by atoms with Crippen molar-refractivity contribution in [3.8, 4) is 11.8 Å². The first kappa shape index (κ1) is 14.5. The monoisotopic (exact) mass is 274 g/mol. The van der Waals surface area contributed by atoms with E-state index in [1.54, 1.807) is 23.2 Å². The third kappa shape index (κ3) is 3.16. The van der Waals surface area contributed by atoms with Crippen LogP contribution in [0.25, 0.3) is 0 Å². The van der Waals surface area contributed by atoms with Gasteiger partial charge in [-0.25, -0.2) is 4.98 Å². The van der Waals surface area contributed by atoms with Gasteiger partial charge in [0, 0.05) is 19.3 Å². The molecule has 20 heavy (non-hydrogen) atoms. The topological polar surface area (TPSA) is 73.7 Å². The van der Waals surface area contributed by atoms with Crippen LogP contribution in [-0.2, 0) is 0 Å². The lowest BCUT2D eigenvalue weighted by Crippen LogP contribution is -2.45. The van der Waals surface area contributed by atoms with Crippen molar-refractivity contribution < 1.29 is 15.0 Å². The van der Waals surface area contributed by atoms with Gasteiger partial charge in [0.05, 0.1) is 11.7 Å². The van der Waals surface area contributed by atoms with Crippen LogP contribution in [0.5, 0.6) is 0 Å². The van der Waals surface area contributed by atoms with Crippen LogP contribution in [0.4, 0.5) is 0 Å². The molecular formula is C15H18N2O3. The van der Waals surface area contributed by atoms with Crippen LogP contribution in [0.15, 0.2) is 18.3 Å². The number of pyridine rings is 1. The summed E-state index contributed by atoms with van der Waals surface area (Å²) in [5, 5.41) is 18.5. The Labute approximate surface area is 118 Å². The number of likely N-dealkylation sites (tertiary alicyclic amines) is 1. The van der Waals surface area contributed by atoms with Gasteiger partial charge in [0.2, 0.25) is 0 Å². The van der Waals surface area contributed by atoms with Crippen LogP contribution in [0.2, 0.25) is 0 Å². The second-order valence-electron chi connectivity index (χ2n) is 4.94. The van der Waals surface area contributed by atoms with Gasteiger partial charge in [-0.05, 0) is 24.5 Å². The van der Waals surface area contributed by atoms with Crippen molar-refractivity contribution in [3.63, 3.8) is 0 Å². The average Bonchev–Trinajstić information content (AvgIpc) is 2.47. The number of hydrogen-bond acceptors (Lipinski definition) is 4. The van der Waals surface area contributed by atoms with Gasteiger partial charge in [-0.2, -0.15) is 0 Å². The van der Waals surface area contributed by atoms with E-state index < -0.39 is 0 Å². The lowest BCUT2D eigenvalue weighted by atomic mass is 9.96. The van der Waals surface area contributed by atoms with Gasteiger partial charge in [-0.1, -0.05) is 18.8 Å². The summed E-state index contributed by atoms with van der Waals surface area (Å²) in [5.41, 5.74) is 0.822. The second kappa shape index (κ2) is 6.51. The second-order valence-corrected chi connectivity index (χ2v) is 4.94. The number of aliphatic hydroxyl groups is 2. The van der Waals surface area contributed by atoms with Gasteiger partial charge in [0.1, 0.15) is 12.3 Å². The van der Waals surface area contributed by atoms with E-state index >= 15 is 0 Å². The van der Waals surface area contributed by atoms with Crippen LogP contribution in [0, 0.1) is 17.8 Å². The molecule has 1 aromatic rings. The SMILES string of the molecule is CC1CN(C(=O)c2ncccc2C#CCO)CCC1O. The highest BCUT2D eigenvalue weighted by atomic mass is 16.3. The Balaban J connectivity index is 2.21. The number of nitrogens with zero attached hydrogens (tertiary/aromatic N) is 2. The number of amides is 1. The van der Waals surface area contributed by atoms with E-state index in [0.717, 1.165) is 0 Å². The van der Waals surface area contributed by atoms with E-state index in [4.69, 9.17) is 5.11 Å². The molecule has 5 heteroatoms. The van der Waals surface area contributed by atoms with Crippen molar-refractivity contribution in [3.05, 3.63) is 29.6 Å². The van der Waals surface area contributed by atoms with Crippen LogP contribution >= 0.6 is 0 Å². The number of piperidine rings is 1. The first-order valence-electron chi connectivity index (χ1n) is 6.65. The largest absolute Gasteiger partial charge is 0.393 e. The lowest BCUT2D eigenvalue weighted by Gasteiger charge is -2.34. The molecule has 2 atom stereocenters. The molecule has 2 rings (SSSR count). The standard InChI is InChI=1S/C15H18N2O3/c1-11-10-17(8-6-13(11)19)15(20)14-12(5-3-9-18)4-2-7-16-14/h2,4,7,11,13,18-19H,6,8-10H2,1H3. The zero-order chi connectivity index (χ0) is 14.5. The number of carbonyl (C=O) groups excluding carboxylic acids is 1. The quantitative estimate of drug-likeness (QED) is 0.721. The molecular weight excluding hydrogens is 256 g/mol. The molecule has 0 saturated carbocycles. The molecule has 1 aliphatic rings. The van der Waals surface area contributed by atoms with E-state index in [0.29, 0.717) is 30.8 Å². The molecule has 1 aromatic heterocycles. The van der Waals surface area contributed by atoms with E-state index in [1.165, 1.54) is 0 Å². The minimum atomic E-state index is -0.351. The van der Waals surface area contributed by atoms with Crippen LogP contribution < -0.4 is 0 Å². The Morgan fingerprint density at radius 1 is 1.60 bits per heavy atom. The van der Waals surface area contributed by atoms with E-state index in [2.05, 4.69) is 16.8 Å². The fraction of sp³-hybridized carbons (Fsp3) is 0.467. The summed E-state index contributed by atoms with van der Waals surface area (Å²) in [6, 6.07) is 3.42. The van der Waals surface area contributed by atoms with Gasteiger partial charge in [-0.15, -0.1) is 0 Å². The van der Waals surface area contributed by atoms with Gasteiger partial charge in [0.15, 0.2) is 0 Å². The Bertz CT molecular complexity index is 548. The first-order chi connectivity index (χ1) is 9.63. The van der Waals surface area contributed by atoms with E-state index in [1.807, 2.05) is 6.92 Å². The Morgan fingerprint density at radius 3 is 3.10 bits per heavy atom. The first-order valence-corrected chi connectivity index (χ1v) is 6.65. The molecule has 1 saturated heterocycles. The fourth-order valence-electron chi connectivity index (χ4n) is 2.28. The molecule has 0 radical (unpaired) electrons. The van der Waals surface area contributed by atoms with Crippen molar-refractivity contribution in [2.24, 2.45) is 5.92 Å². The van der Waals surface area contributed by atoms with E-state index in [-0.39, 0.29) is 24.5 Å². The molecule has 5 nitrogen and oxygen atoms in total. The predicted octanol–water partition coefficient (Wildman–Crippen LogP) is 0.268. The molecule has 1 fully saturated rings. The summed E-state index contributed by atoms with van der Waals surface area (Å²) in [7, 11) is 0. The zero-order valence-electron chi connectivity index (χ0n) is 11.4. The highest BCUT2D eigenvalue weighted by Gasteiger charge is 2.29. The summed E-state index contributed by atoms with van der Waals surface area (Å²) in [5.74, 6) is 5.16. The minimum absolute atomic E-state index is 0.0587. The molecule has 2 unspecified atom stereocenters. The van der Waals surface area contributed by atoms with Gasteiger partial charge in [0.25, 0.3) is 5.91 Å². The van der Waals surface area contributed by atoms with Crippen LogP contribution in [0.3, 0.4) is 0 Å². The molecule has 0 aromatic carbocycles. The summed E-state index contributed by atoms with van der Waals surface area (Å²) < 4.78 is 0. The lowest BCUT2D eigenvalue weighted by molar-refractivity contribution is 0.0294. The summed E-state index contributed by atoms with van der Waals surface area (Å²) in [6.45, 7) is 2.71. The number of rotatable bonds is 1. The van der Waals surface area contributed by atoms with Crippen molar-refractivity contribution in [1.29, 1.82) is 0 Å². The van der Waals surface area contributed by atoms with E-state index in [9.17, 15) is 9.90 Å². The zero-order valence-corrected chi connectivity index (χ0v) is 11.4. The Hall–Kier alpha value is -1.90. The molecule has 1 aliphatic heterocycles. The Kier molecular flexibility index (Phi) is 4.72.